The van der Waals surface area contributed by atoms with Gasteiger partial charge in [-0.3, -0.25) is 15.0 Å². The molecule has 32 heavy (non-hydrogen) atoms. The van der Waals surface area contributed by atoms with E-state index in [2.05, 4.69) is 15.4 Å². The number of urea groups is 1. The van der Waals surface area contributed by atoms with Crippen molar-refractivity contribution in [3.05, 3.63) is 66.0 Å². The zero-order valence-corrected chi connectivity index (χ0v) is 18.6. The van der Waals surface area contributed by atoms with Gasteiger partial charge in [0.1, 0.15) is 11.9 Å². The third-order valence-corrected chi connectivity index (χ3v) is 6.81. The van der Waals surface area contributed by atoms with Crippen molar-refractivity contribution in [1.82, 2.24) is 20.3 Å². The Labute approximate surface area is 187 Å². The Kier molecular flexibility index (Phi) is 7.94. The van der Waals surface area contributed by atoms with E-state index < -0.39 is 33.8 Å². The maximum Gasteiger partial charge on any atom is 0.321 e. The molecule has 2 aromatic rings. The number of piperidine rings is 1. The normalized spacial score (nSPS) is 16.3. The Hall–Kier alpha value is -2.82. The summed E-state index contributed by atoms with van der Waals surface area (Å²) in [5.74, 6) is -0.942. The van der Waals surface area contributed by atoms with Crippen LogP contribution in [0.25, 0.3) is 0 Å². The van der Waals surface area contributed by atoms with Crippen molar-refractivity contribution in [2.45, 2.75) is 36.7 Å². The molecule has 2 aromatic carbocycles. The summed E-state index contributed by atoms with van der Waals surface area (Å²) in [4.78, 5) is 26.7. The largest absolute Gasteiger partial charge is 0.338 e. The molecule has 0 saturated carbocycles. The lowest BCUT2D eigenvalue weighted by molar-refractivity contribution is -0.126. The molecule has 0 spiro atoms. The highest BCUT2D eigenvalue weighted by Crippen LogP contribution is 2.26. The SMILES string of the molecule is CCNC(=O)NC(=O)C(c1ccccc1)N1CCC(NS(=O)(=O)c2ccc(F)cc2)CC1. The monoisotopic (exact) mass is 462 g/mol. The number of hydrogen-bond acceptors (Lipinski definition) is 5. The summed E-state index contributed by atoms with van der Waals surface area (Å²) in [6, 6.07) is 12.3. The van der Waals surface area contributed by atoms with Gasteiger partial charge in [0.2, 0.25) is 15.9 Å². The fraction of sp³-hybridized carbons (Fsp3) is 0.364. The molecule has 1 unspecified atom stereocenters. The predicted molar refractivity (Wildman–Crippen MR) is 118 cm³/mol. The summed E-state index contributed by atoms with van der Waals surface area (Å²) in [5.41, 5.74) is 0.750. The van der Waals surface area contributed by atoms with Crippen molar-refractivity contribution >= 4 is 22.0 Å². The highest BCUT2D eigenvalue weighted by atomic mass is 32.2. The minimum Gasteiger partial charge on any atom is -0.338 e. The van der Waals surface area contributed by atoms with Gasteiger partial charge in [-0.05, 0) is 49.6 Å². The van der Waals surface area contributed by atoms with Crippen molar-refractivity contribution in [2.75, 3.05) is 19.6 Å². The van der Waals surface area contributed by atoms with E-state index in [1.54, 1.807) is 6.92 Å². The van der Waals surface area contributed by atoms with E-state index in [0.717, 1.165) is 17.7 Å². The topological polar surface area (TPSA) is 108 Å². The van der Waals surface area contributed by atoms with Crippen LogP contribution in [0, 0.1) is 5.82 Å². The van der Waals surface area contributed by atoms with Gasteiger partial charge in [0.05, 0.1) is 4.90 Å². The second-order valence-corrected chi connectivity index (χ2v) is 9.26. The van der Waals surface area contributed by atoms with Gasteiger partial charge in [-0.25, -0.2) is 22.3 Å². The number of amides is 3. The summed E-state index contributed by atoms with van der Waals surface area (Å²) in [6.07, 6.45) is 0.969. The average Bonchev–Trinajstić information content (AvgIpc) is 2.76. The third kappa shape index (κ3) is 6.12. The van der Waals surface area contributed by atoms with Gasteiger partial charge >= 0.3 is 6.03 Å². The first-order valence-electron chi connectivity index (χ1n) is 10.5. The first kappa shape index (κ1) is 23.8. The average molecular weight is 463 g/mol. The molecule has 8 nitrogen and oxygen atoms in total. The Morgan fingerprint density at radius 1 is 1.06 bits per heavy atom. The molecular formula is C22H27FN4O4S. The molecular weight excluding hydrogens is 435 g/mol. The highest BCUT2D eigenvalue weighted by Gasteiger charge is 2.33. The molecule has 1 fully saturated rings. The van der Waals surface area contributed by atoms with Crippen LogP contribution in [0.1, 0.15) is 31.4 Å². The summed E-state index contributed by atoms with van der Waals surface area (Å²) < 4.78 is 40.9. The smallest absolute Gasteiger partial charge is 0.321 e. The van der Waals surface area contributed by atoms with E-state index in [-0.39, 0.29) is 10.9 Å². The molecule has 172 valence electrons. The molecule has 0 aliphatic carbocycles. The van der Waals surface area contributed by atoms with Crippen LogP contribution in [0.5, 0.6) is 0 Å². The number of nitrogens with one attached hydrogen (secondary N) is 3. The van der Waals surface area contributed by atoms with Crippen molar-refractivity contribution in [2.24, 2.45) is 0 Å². The summed E-state index contributed by atoms with van der Waals surface area (Å²) in [7, 11) is -3.77. The van der Waals surface area contributed by atoms with Gasteiger partial charge in [0.15, 0.2) is 0 Å². The number of hydrogen-bond donors (Lipinski definition) is 3. The molecule has 10 heteroatoms. The van der Waals surface area contributed by atoms with Gasteiger partial charge in [0, 0.05) is 25.7 Å². The Morgan fingerprint density at radius 2 is 1.69 bits per heavy atom. The maximum absolute atomic E-state index is 13.1. The van der Waals surface area contributed by atoms with Crippen molar-refractivity contribution < 1.29 is 22.4 Å². The number of imide groups is 1. The fourth-order valence-electron chi connectivity index (χ4n) is 3.73. The second-order valence-electron chi connectivity index (χ2n) is 7.55. The first-order valence-corrected chi connectivity index (χ1v) is 11.9. The summed E-state index contributed by atoms with van der Waals surface area (Å²) in [6.45, 7) is 3.07. The Morgan fingerprint density at radius 3 is 2.28 bits per heavy atom. The lowest BCUT2D eigenvalue weighted by Gasteiger charge is -2.37. The maximum atomic E-state index is 13.1. The highest BCUT2D eigenvalue weighted by molar-refractivity contribution is 7.89. The van der Waals surface area contributed by atoms with Crippen LogP contribution >= 0.6 is 0 Å². The van der Waals surface area contributed by atoms with E-state index in [9.17, 15) is 22.4 Å². The first-order chi connectivity index (χ1) is 15.3. The fourth-order valence-corrected chi connectivity index (χ4v) is 5.03. The molecule has 1 aliphatic rings. The van der Waals surface area contributed by atoms with Gasteiger partial charge in [-0.1, -0.05) is 30.3 Å². The van der Waals surface area contributed by atoms with Crippen molar-refractivity contribution in [1.29, 1.82) is 0 Å². The number of likely N-dealkylation sites (tertiary alicyclic amines) is 1. The second kappa shape index (κ2) is 10.7. The zero-order valence-electron chi connectivity index (χ0n) is 17.8. The van der Waals surface area contributed by atoms with Gasteiger partial charge in [-0.15, -0.1) is 0 Å². The zero-order chi connectivity index (χ0) is 23.1. The number of rotatable bonds is 7. The van der Waals surface area contributed by atoms with Crippen LogP contribution in [0.15, 0.2) is 59.5 Å². The van der Waals surface area contributed by atoms with Crippen LogP contribution in [-0.4, -0.2) is 50.9 Å². The number of sulfonamides is 1. The Bertz CT molecular complexity index is 1020. The summed E-state index contributed by atoms with van der Waals surface area (Å²) in [5, 5.41) is 4.93. The molecule has 0 radical (unpaired) electrons. The lowest BCUT2D eigenvalue weighted by atomic mass is 9.99. The quantitative estimate of drug-likeness (QED) is 0.585. The van der Waals surface area contributed by atoms with E-state index in [4.69, 9.17) is 0 Å². The molecule has 1 heterocycles. The predicted octanol–water partition coefficient (Wildman–Crippen LogP) is 2.16. The minimum absolute atomic E-state index is 0.00445. The van der Waals surface area contributed by atoms with E-state index in [1.165, 1.54) is 12.1 Å². The van der Waals surface area contributed by atoms with Gasteiger partial charge < -0.3 is 5.32 Å². The van der Waals surface area contributed by atoms with Crippen LogP contribution in [0.3, 0.4) is 0 Å². The number of benzene rings is 2. The van der Waals surface area contributed by atoms with Crippen molar-refractivity contribution in [3.8, 4) is 0 Å². The summed E-state index contributed by atoms with van der Waals surface area (Å²) >= 11 is 0. The van der Waals surface area contributed by atoms with Crippen LogP contribution in [0.4, 0.5) is 9.18 Å². The van der Waals surface area contributed by atoms with Gasteiger partial charge in [-0.2, -0.15) is 0 Å². The molecule has 3 amide bonds. The minimum atomic E-state index is -3.77. The van der Waals surface area contributed by atoms with E-state index in [0.29, 0.717) is 32.5 Å². The van der Waals surface area contributed by atoms with Crippen LogP contribution < -0.4 is 15.4 Å². The lowest BCUT2D eigenvalue weighted by Crippen LogP contribution is -2.50. The van der Waals surface area contributed by atoms with Crippen LogP contribution in [0.2, 0.25) is 0 Å². The molecule has 1 atom stereocenters. The van der Waals surface area contributed by atoms with Crippen molar-refractivity contribution in [3.63, 3.8) is 0 Å². The van der Waals surface area contributed by atoms with E-state index >= 15 is 0 Å². The third-order valence-electron chi connectivity index (χ3n) is 5.28. The standard InChI is InChI=1S/C22H27FN4O4S/c1-2-24-22(29)25-21(28)20(16-6-4-3-5-7-16)27-14-12-18(13-15-27)26-32(30,31)19-10-8-17(23)9-11-19/h3-11,18,20,26H,2,12-15H2,1H3,(H2,24,25,28,29). The van der Waals surface area contributed by atoms with Crippen LogP contribution in [-0.2, 0) is 14.8 Å². The molecule has 3 N–H and O–H groups in total. The molecule has 0 bridgehead atoms. The van der Waals surface area contributed by atoms with E-state index in [1.807, 2.05) is 35.2 Å². The molecule has 1 saturated heterocycles. The number of halogens is 1. The van der Waals surface area contributed by atoms with Gasteiger partial charge in [0.25, 0.3) is 0 Å². The molecule has 0 aromatic heterocycles. The number of carbonyl (C=O) groups excluding carboxylic acids is 2. The number of nitrogens with zero attached hydrogens (tertiary/aromatic N) is 1. The molecule has 1 aliphatic heterocycles. The Balaban J connectivity index is 1.67. The number of carbonyl (C=O) groups is 2. The molecule has 3 rings (SSSR count).